The second-order valence-corrected chi connectivity index (χ2v) is 8.12. The Labute approximate surface area is 183 Å². The molecule has 0 spiro atoms. The number of anilines is 3. The van der Waals surface area contributed by atoms with Crippen LogP contribution in [0.4, 0.5) is 17.1 Å². The summed E-state index contributed by atoms with van der Waals surface area (Å²) in [5, 5.41) is 2.84. The van der Waals surface area contributed by atoms with Crippen LogP contribution in [-0.2, 0) is 11.1 Å². The van der Waals surface area contributed by atoms with Gasteiger partial charge in [-0.1, -0.05) is 17.7 Å². The Kier molecular flexibility index (Phi) is 5.88. The summed E-state index contributed by atoms with van der Waals surface area (Å²) in [6.45, 7) is 2.49. The van der Waals surface area contributed by atoms with Gasteiger partial charge >= 0.3 is 0 Å². The predicted octanol–water partition coefficient (Wildman–Crippen LogP) is 4.97. The average Bonchev–Trinajstić information content (AvgIpc) is 2.79. The molecule has 0 bridgehead atoms. The number of rotatable bonds is 5. The Morgan fingerprint density at radius 1 is 1.06 bits per heavy atom. The normalized spacial score (nSPS) is 13.8. The molecule has 1 amide bonds. The molecule has 158 valence electrons. The lowest BCUT2D eigenvalue weighted by Crippen LogP contribution is -2.23. The smallest absolute Gasteiger partial charge is 0.255 e. The summed E-state index contributed by atoms with van der Waals surface area (Å²) in [5.74, 6) is 0.395. The monoisotopic (exact) mass is 434 g/mol. The van der Waals surface area contributed by atoms with Gasteiger partial charge < -0.3 is 19.5 Å². The van der Waals surface area contributed by atoms with Crippen molar-refractivity contribution >= 4 is 39.0 Å². The third-order valence-corrected chi connectivity index (χ3v) is 5.92. The van der Waals surface area contributed by atoms with E-state index in [2.05, 4.69) is 10.2 Å². The van der Waals surface area contributed by atoms with E-state index in [-0.39, 0.29) is 5.91 Å². The predicted molar refractivity (Wildman–Crippen MR) is 124 cm³/mol. The van der Waals surface area contributed by atoms with E-state index in [0.29, 0.717) is 34.0 Å². The highest BCUT2D eigenvalue weighted by Crippen LogP contribution is 2.38. The molecule has 0 fully saturated rings. The van der Waals surface area contributed by atoms with Gasteiger partial charge in [-0.05, 0) is 67.6 Å². The minimum atomic E-state index is -2.16. The second kappa shape index (κ2) is 8.75. The van der Waals surface area contributed by atoms with Crippen molar-refractivity contribution in [3.63, 3.8) is 0 Å². The Morgan fingerprint density at radius 2 is 1.77 bits per heavy atom. The standard InChI is InChI=1S/C24H22N2O4S/c1-16-3-8-19(9-4-16)26-14-13-23(31(28)29)21-15-17(5-12-22(21)26)24(27)25-18-6-10-20(30-2)11-7-18/h3-13,15H,14H2,1-2H3,(H,25,27)(H,28,29). The first kappa shape index (κ1) is 20.8. The highest BCUT2D eigenvalue weighted by molar-refractivity contribution is 7.89. The molecule has 6 nitrogen and oxygen atoms in total. The topological polar surface area (TPSA) is 78.9 Å². The van der Waals surface area contributed by atoms with E-state index < -0.39 is 11.1 Å². The number of carbonyl (C=O) groups excluding carboxylic acids is 1. The third-order valence-electron chi connectivity index (χ3n) is 5.16. The maximum atomic E-state index is 12.8. The van der Waals surface area contributed by atoms with E-state index in [1.54, 1.807) is 49.6 Å². The third kappa shape index (κ3) is 4.38. The van der Waals surface area contributed by atoms with Crippen molar-refractivity contribution in [1.82, 2.24) is 0 Å². The second-order valence-electron chi connectivity index (χ2n) is 7.18. The van der Waals surface area contributed by atoms with E-state index in [0.717, 1.165) is 16.9 Å². The zero-order valence-corrected chi connectivity index (χ0v) is 18.0. The van der Waals surface area contributed by atoms with E-state index in [9.17, 15) is 13.6 Å². The van der Waals surface area contributed by atoms with Crippen LogP contribution in [0.15, 0.2) is 72.8 Å². The molecule has 7 heteroatoms. The summed E-state index contributed by atoms with van der Waals surface area (Å²) in [6, 6.07) is 20.3. The fourth-order valence-corrected chi connectivity index (χ4v) is 4.07. The van der Waals surface area contributed by atoms with Crippen LogP contribution in [0.25, 0.3) is 4.91 Å². The fraction of sp³-hybridized carbons (Fsp3) is 0.125. The summed E-state index contributed by atoms with van der Waals surface area (Å²) in [7, 11) is 1.58. The van der Waals surface area contributed by atoms with Crippen LogP contribution in [0, 0.1) is 6.92 Å². The SMILES string of the molecule is COc1ccc(NC(=O)c2ccc3c(c2)C(S(=O)O)=CCN3c2ccc(C)cc2)cc1. The van der Waals surface area contributed by atoms with Crippen molar-refractivity contribution < 1.29 is 18.3 Å². The number of aryl methyl sites for hydroxylation is 1. The lowest BCUT2D eigenvalue weighted by atomic mass is 10.0. The van der Waals surface area contributed by atoms with Gasteiger partial charge in [0.2, 0.25) is 0 Å². The molecule has 2 N–H and O–H groups in total. The molecular weight excluding hydrogens is 412 g/mol. The molecule has 1 aliphatic rings. The van der Waals surface area contributed by atoms with Gasteiger partial charge in [0, 0.05) is 29.0 Å². The molecule has 1 unspecified atom stereocenters. The summed E-state index contributed by atoms with van der Waals surface area (Å²) in [5.41, 5.74) is 4.50. The summed E-state index contributed by atoms with van der Waals surface area (Å²) < 4.78 is 26.9. The van der Waals surface area contributed by atoms with Crippen LogP contribution >= 0.6 is 0 Å². The van der Waals surface area contributed by atoms with Gasteiger partial charge in [-0.25, -0.2) is 4.21 Å². The largest absolute Gasteiger partial charge is 0.497 e. The van der Waals surface area contributed by atoms with Crippen molar-refractivity contribution in [3.8, 4) is 5.75 Å². The number of methoxy groups -OCH3 is 1. The number of nitrogens with one attached hydrogen (secondary N) is 1. The lowest BCUT2D eigenvalue weighted by Gasteiger charge is -2.30. The lowest BCUT2D eigenvalue weighted by molar-refractivity contribution is 0.102. The Balaban J connectivity index is 1.67. The van der Waals surface area contributed by atoms with E-state index >= 15 is 0 Å². The molecule has 0 radical (unpaired) electrons. The molecule has 4 rings (SSSR count). The first-order chi connectivity index (χ1) is 15.0. The van der Waals surface area contributed by atoms with Gasteiger partial charge in [0.05, 0.1) is 17.7 Å². The number of fused-ring (bicyclic) bond motifs is 1. The van der Waals surface area contributed by atoms with E-state index in [1.807, 2.05) is 37.3 Å². The quantitative estimate of drug-likeness (QED) is 0.554. The minimum Gasteiger partial charge on any atom is -0.497 e. The number of ether oxygens (including phenoxy) is 1. The molecule has 31 heavy (non-hydrogen) atoms. The van der Waals surface area contributed by atoms with Gasteiger partial charge in [0.25, 0.3) is 5.91 Å². The average molecular weight is 435 g/mol. The number of nitrogens with zero attached hydrogens (tertiary/aromatic N) is 1. The van der Waals surface area contributed by atoms with Crippen molar-refractivity contribution in [2.45, 2.75) is 6.92 Å². The van der Waals surface area contributed by atoms with E-state index in [4.69, 9.17) is 4.74 Å². The zero-order valence-electron chi connectivity index (χ0n) is 17.2. The number of carbonyl (C=O) groups is 1. The molecule has 0 aliphatic carbocycles. The summed E-state index contributed by atoms with van der Waals surface area (Å²) in [4.78, 5) is 15.2. The summed E-state index contributed by atoms with van der Waals surface area (Å²) >= 11 is -2.16. The van der Waals surface area contributed by atoms with Gasteiger partial charge in [-0.3, -0.25) is 4.79 Å². The van der Waals surface area contributed by atoms with Crippen LogP contribution in [0.1, 0.15) is 21.5 Å². The van der Waals surface area contributed by atoms with Crippen molar-refractivity contribution in [2.24, 2.45) is 0 Å². The molecule has 1 atom stereocenters. The Bertz CT molecular complexity index is 1170. The first-order valence-corrected chi connectivity index (χ1v) is 10.8. The van der Waals surface area contributed by atoms with Crippen LogP contribution in [-0.4, -0.2) is 28.3 Å². The Morgan fingerprint density at radius 3 is 2.42 bits per heavy atom. The van der Waals surface area contributed by atoms with Gasteiger partial charge in [-0.2, -0.15) is 0 Å². The molecule has 1 aliphatic heterocycles. The summed E-state index contributed by atoms with van der Waals surface area (Å²) in [6.07, 6.45) is 1.73. The van der Waals surface area contributed by atoms with Crippen molar-refractivity contribution in [3.05, 3.63) is 89.5 Å². The number of benzene rings is 3. The van der Waals surface area contributed by atoms with Crippen molar-refractivity contribution in [2.75, 3.05) is 23.9 Å². The van der Waals surface area contributed by atoms with Crippen LogP contribution in [0.3, 0.4) is 0 Å². The highest BCUT2D eigenvalue weighted by Gasteiger charge is 2.24. The molecule has 3 aromatic rings. The number of hydrogen-bond donors (Lipinski definition) is 2. The van der Waals surface area contributed by atoms with Crippen LogP contribution in [0.2, 0.25) is 0 Å². The molecule has 0 aromatic heterocycles. The molecule has 0 saturated carbocycles. The number of hydrogen-bond acceptors (Lipinski definition) is 4. The van der Waals surface area contributed by atoms with Crippen molar-refractivity contribution in [1.29, 1.82) is 0 Å². The molecule has 0 saturated heterocycles. The van der Waals surface area contributed by atoms with Crippen LogP contribution in [0.5, 0.6) is 5.75 Å². The number of amides is 1. The molecule has 3 aromatic carbocycles. The fourth-order valence-electron chi connectivity index (χ4n) is 3.50. The highest BCUT2D eigenvalue weighted by atomic mass is 32.2. The van der Waals surface area contributed by atoms with Crippen LogP contribution < -0.4 is 15.0 Å². The first-order valence-electron chi connectivity index (χ1n) is 9.71. The maximum absolute atomic E-state index is 12.8. The van der Waals surface area contributed by atoms with E-state index in [1.165, 1.54) is 0 Å². The minimum absolute atomic E-state index is 0.302. The van der Waals surface area contributed by atoms with Gasteiger partial charge in [-0.15, -0.1) is 0 Å². The molecular formula is C24H22N2O4S. The molecule has 1 heterocycles. The maximum Gasteiger partial charge on any atom is 0.255 e. The Hall–Kier alpha value is -3.42. The van der Waals surface area contributed by atoms with Gasteiger partial charge in [0.1, 0.15) is 5.75 Å². The zero-order chi connectivity index (χ0) is 22.0. The van der Waals surface area contributed by atoms with Gasteiger partial charge in [0.15, 0.2) is 11.1 Å².